The summed E-state index contributed by atoms with van der Waals surface area (Å²) in [5.74, 6) is -1.01. The zero-order valence-corrected chi connectivity index (χ0v) is 24.2. The number of allylic oxidation sites excluding steroid dienone is 2. The summed E-state index contributed by atoms with van der Waals surface area (Å²) in [6.45, 7) is 9.40. The van der Waals surface area contributed by atoms with Crippen LogP contribution in [0.15, 0.2) is 36.1 Å². The van der Waals surface area contributed by atoms with Crippen molar-refractivity contribution in [3.63, 3.8) is 0 Å². The number of methoxy groups -OCH3 is 1. The van der Waals surface area contributed by atoms with E-state index in [-0.39, 0.29) is 23.5 Å². The molecule has 3 rings (SSSR count). The molecule has 2 atom stereocenters. The second-order valence-electron chi connectivity index (χ2n) is 9.59. The van der Waals surface area contributed by atoms with Gasteiger partial charge in [0.15, 0.2) is 12.5 Å². The normalized spacial score (nSPS) is 18.4. The summed E-state index contributed by atoms with van der Waals surface area (Å²) in [6, 6.07) is 0. The third-order valence-electron chi connectivity index (χ3n) is 6.36. The maximum absolute atomic E-state index is 11.9. The number of aliphatic hydroxyl groups is 1. The van der Waals surface area contributed by atoms with Gasteiger partial charge < -0.3 is 29.1 Å². The van der Waals surface area contributed by atoms with Gasteiger partial charge in [0, 0.05) is 45.0 Å². The number of hydrogen-bond donors (Lipinski definition) is 1. The molecule has 2 amide bonds. The molecule has 0 aromatic rings. The van der Waals surface area contributed by atoms with Crippen LogP contribution in [0.3, 0.4) is 0 Å². The molecule has 3 aliphatic rings. The Bertz CT molecular complexity index is 951. The lowest BCUT2D eigenvalue weighted by Crippen LogP contribution is -2.40. The highest BCUT2D eigenvalue weighted by Crippen LogP contribution is 2.30. The van der Waals surface area contributed by atoms with E-state index in [0.717, 1.165) is 63.0 Å². The van der Waals surface area contributed by atoms with E-state index in [1.165, 1.54) is 26.2 Å². The third-order valence-corrected chi connectivity index (χ3v) is 6.36. The highest BCUT2D eigenvalue weighted by Gasteiger charge is 2.25. The van der Waals surface area contributed by atoms with E-state index in [0.29, 0.717) is 25.9 Å². The first-order valence-corrected chi connectivity index (χ1v) is 13.8. The van der Waals surface area contributed by atoms with Gasteiger partial charge in [-0.05, 0) is 64.0 Å². The molecule has 1 N–H and O–H groups in total. The summed E-state index contributed by atoms with van der Waals surface area (Å²) in [5, 5.41) is 9.52. The molecular weight excluding hydrogens is 520 g/mol. The molecule has 224 valence electrons. The Morgan fingerprint density at radius 3 is 1.65 bits per heavy atom. The number of amides is 2. The summed E-state index contributed by atoms with van der Waals surface area (Å²) in [5.41, 5.74) is 0.963. The number of aliphatic hydroxyl groups excluding tert-OH is 1. The number of rotatable bonds is 7. The topological polar surface area (TPSA) is 140 Å². The van der Waals surface area contributed by atoms with Crippen LogP contribution in [0.5, 0.6) is 0 Å². The molecule has 1 aliphatic carbocycles. The first-order chi connectivity index (χ1) is 19.0. The average molecular weight is 565 g/mol. The first kappa shape index (κ1) is 34.4. The van der Waals surface area contributed by atoms with Gasteiger partial charge >= 0.3 is 17.9 Å². The van der Waals surface area contributed by atoms with Crippen LogP contribution < -0.4 is 0 Å². The van der Waals surface area contributed by atoms with Gasteiger partial charge in [-0.2, -0.15) is 0 Å². The van der Waals surface area contributed by atoms with E-state index in [1.807, 2.05) is 0 Å². The van der Waals surface area contributed by atoms with Crippen molar-refractivity contribution in [3.8, 4) is 0 Å². The van der Waals surface area contributed by atoms with E-state index < -0.39 is 24.4 Å². The van der Waals surface area contributed by atoms with Crippen molar-refractivity contribution < 1.29 is 43.3 Å². The fourth-order valence-electron chi connectivity index (χ4n) is 3.91. The van der Waals surface area contributed by atoms with Gasteiger partial charge in [0.25, 0.3) is 0 Å². The minimum Gasteiger partial charge on any atom is -0.508 e. The largest absolute Gasteiger partial charge is 0.508 e. The highest BCUT2D eigenvalue weighted by atomic mass is 16.6. The van der Waals surface area contributed by atoms with Crippen molar-refractivity contribution in [3.05, 3.63) is 36.1 Å². The maximum atomic E-state index is 11.9. The summed E-state index contributed by atoms with van der Waals surface area (Å²) in [7, 11) is 1.35. The van der Waals surface area contributed by atoms with Crippen LogP contribution in [0.4, 0.5) is 0 Å². The molecule has 0 spiro atoms. The molecule has 2 heterocycles. The van der Waals surface area contributed by atoms with Crippen LogP contribution in [0.25, 0.3) is 0 Å². The van der Waals surface area contributed by atoms with Crippen LogP contribution >= 0.6 is 0 Å². The maximum Gasteiger partial charge on any atom is 0.332 e. The fraction of sp³-hybridized carbons (Fsp3) is 0.621. The summed E-state index contributed by atoms with van der Waals surface area (Å²) in [4.78, 5) is 59.0. The quantitative estimate of drug-likeness (QED) is 0.210. The number of carbonyl (C=O) groups is 5. The molecule has 40 heavy (non-hydrogen) atoms. The van der Waals surface area contributed by atoms with Crippen LogP contribution in [-0.2, 0) is 38.2 Å². The van der Waals surface area contributed by atoms with Crippen LogP contribution in [0.1, 0.15) is 85.0 Å². The van der Waals surface area contributed by atoms with Crippen LogP contribution in [0.2, 0.25) is 0 Å². The molecule has 2 aliphatic heterocycles. The Morgan fingerprint density at radius 1 is 0.800 bits per heavy atom. The summed E-state index contributed by atoms with van der Waals surface area (Å²) in [6.07, 6.45) is 11.3. The Hall–Kier alpha value is -3.63. The molecule has 0 bridgehead atoms. The number of nitrogens with zero attached hydrogens (tertiary/aromatic N) is 2. The molecule has 0 aromatic heterocycles. The van der Waals surface area contributed by atoms with Gasteiger partial charge in [-0.3, -0.25) is 14.4 Å². The van der Waals surface area contributed by atoms with Crippen molar-refractivity contribution in [2.75, 3.05) is 20.2 Å². The van der Waals surface area contributed by atoms with Crippen LogP contribution in [0, 0.1) is 0 Å². The number of esters is 3. The standard InChI is InChI=1S/C15H21NO4.C11H17NO3.C3H6O2/c1-11(16-10-4-2-3-5-14(16)18)20-15(19)9-8-13(17)12-6-7-12;1-3-11(14)15-9(2)12-8-6-4-5-7-10(12)13;1-3(4)5-2/h8-9,11,17H,2-7,10H2,1H3;3,9H,1,4-8H2,2H3;1-2H3/b9-8-;;. The minimum absolute atomic E-state index is 0.0368. The van der Waals surface area contributed by atoms with Gasteiger partial charge in [-0.1, -0.05) is 19.4 Å². The van der Waals surface area contributed by atoms with E-state index in [2.05, 4.69) is 11.3 Å². The van der Waals surface area contributed by atoms with Gasteiger partial charge in [0.1, 0.15) is 5.76 Å². The smallest absolute Gasteiger partial charge is 0.332 e. The average Bonchev–Trinajstić information content (AvgIpc) is 3.78. The summed E-state index contributed by atoms with van der Waals surface area (Å²) < 4.78 is 14.3. The van der Waals surface area contributed by atoms with Gasteiger partial charge in [-0.15, -0.1) is 0 Å². The molecule has 0 radical (unpaired) electrons. The van der Waals surface area contributed by atoms with Crippen molar-refractivity contribution in [2.24, 2.45) is 0 Å². The molecular formula is C29H44N2O9. The summed E-state index contributed by atoms with van der Waals surface area (Å²) >= 11 is 0. The zero-order valence-electron chi connectivity index (χ0n) is 24.2. The molecule has 11 heteroatoms. The van der Waals surface area contributed by atoms with E-state index in [9.17, 15) is 29.1 Å². The Labute approximate surface area is 236 Å². The number of hydrogen-bond acceptors (Lipinski definition) is 9. The highest BCUT2D eigenvalue weighted by molar-refractivity contribution is 5.83. The number of ether oxygens (including phenoxy) is 3. The molecule has 0 aromatic carbocycles. The van der Waals surface area contributed by atoms with Gasteiger partial charge in [0.05, 0.1) is 7.11 Å². The number of likely N-dealkylation sites (tertiary alicyclic amines) is 2. The van der Waals surface area contributed by atoms with E-state index >= 15 is 0 Å². The van der Waals surface area contributed by atoms with Gasteiger partial charge in [0.2, 0.25) is 11.8 Å². The Kier molecular flexibility index (Phi) is 16.0. The molecule has 2 saturated heterocycles. The molecule has 11 nitrogen and oxygen atoms in total. The molecule has 2 unspecified atom stereocenters. The van der Waals surface area contributed by atoms with E-state index in [1.54, 1.807) is 23.6 Å². The lowest BCUT2D eigenvalue weighted by atomic mass is 10.2. The third kappa shape index (κ3) is 14.0. The van der Waals surface area contributed by atoms with Crippen molar-refractivity contribution in [1.82, 2.24) is 9.80 Å². The lowest BCUT2D eigenvalue weighted by molar-refractivity contribution is -0.160. The SMILES string of the molecule is C=CC(=O)OC(C)N1CCCCCC1=O.CC(OC(=O)/C=C\C(O)=C1CC1)N1CCCCCC1=O.COC(C)=O. The van der Waals surface area contributed by atoms with Crippen molar-refractivity contribution in [1.29, 1.82) is 0 Å². The first-order valence-electron chi connectivity index (χ1n) is 13.8. The number of carbonyl (C=O) groups excluding carboxylic acids is 5. The van der Waals surface area contributed by atoms with Gasteiger partial charge in [-0.25, -0.2) is 9.59 Å². The van der Waals surface area contributed by atoms with Crippen molar-refractivity contribution >= 4 is 29.7 Å². The predicted molar refractivity (Wildman–Crippen MR) is 147 cm³/mol. The van der Waals surface area contributed by atoms with E-state index in [4.69, 9.17) is 9.47 Å². The zero-order chi connectivity index (χ0) is 30.1. The fourth-order valence-corrected chi connectivity index (χ4v) is 3.91. The van der Waals surface area contributed by atoms with Crippen molar-refractivity contribution in [2.45, 2.75) is 97.4 Å². The van der Waals surface area contributed by atoms with Crippen LogP contribution in [-0.4, -0.2) is 77.3 Å². The minimum atomic E-state index is -0.562. The lowest BCUT2D eigenvalue weighted by Gasteiger charge is -2.27. The molecule has 1 saturated carbocycles. The Morgan fingerprint density at radius 2 is 1.25 bits per heavy atom. The predicted octanol–water partition coefficient (Wildman–Crippen LogP) is 4.08. The Balaban J connectivity index is 0.000000353. The second kappa shape index (κ2) is 18.6. The molecule has 3 fully saturated rings. The monoisotopic (exact) mass is 564 g/mol. The second-order valence-corrected chi connectivity index (χ2v) is 9.59.